The molecule has 0 amide bonds. The minimum Gasteiger partial charge on any atom is -0.462 e. The van der Waals surface area contributed by atoms with E-state index in [1.807, 2.05) is 0 Å². The van der Waals surface area contributed by atoms with Gasteiger partial charge in [-0.3, -0.25) is 23.2 Å². The summed E-state index contributed by atoms with van der Waals surface area (Å²) in [6.45, 7) is 4.30. The average Bonchev–Trinajstić information content (AvgIpc) is 3.97. The minimum absolute atomic E-state index is 0.0325. The summed E-state index contributed by atoms with van der Waals surface area (Å²) < 4.78 is 62.5. The number of epoxide rings is 1. The number of carbonyl (C=O) groups excluding carboxylic acids is 2. The molecule has 2 aliphatic heterocycles. The number of anilines is 1. The van der Waals surface area contributed by atoms with Crippen molar-refractivity contribution in [2.75, 3.05) is 25.6 Å². The van der Waals surface area contributed by atoms with Crippen LogP contribution in [0.3, 0.4) is 0 Å². The molecule has 0 aliphatic carbocycles. The zero-order chi connectivity index (χ0) is 49.8. The maximum absolute atomic E-state index is 12.8. The van der Waals surface area contributed by atoms with Crippen LogP contribution in [0, 0.1) is 5.92 Å². The Bertz CT molecular complexity index is 1860. The lowest BCUT2D eigenvalue weighted by atomic mass is 10.0. The van der Waals surface area contributed by atoms with Gasteiger partial charge in [0.15, 0.2) is 12.3 Å². The summed E-state index contributed by atoms with van der Waals surface area (Å²) in [7, 11) is -10.9. The predicted octanol–water partition coefficient (Wildman–Crippen LogP) is 8.45. The van der Waals surface area contributed by atoms with Crippen LogP contribution in [0.5, 0.6) is 0 Å². The molecule has 0 saturated carbocycles. The molecule has 2 saturated heterocycles. The molecule has 0 bridgehead atoms. The monoisotopic (exact) mass is 1000 g/mol. The number of hydrogen-bond acceptors (Lipinski definition) is 16. The molecule has 68 heavy (non-hydrogen) atoms. The number of aromatic nitrogens is 2. The molecule has 19 nitrogen and oxygen atoms in total. The van der Waals surface area contributed by atoms with Gasteiger partial charge in [0.1, 0.15) is 30.7 Å². The minimum atomic E-state index is -5.44. The van der Waals surface area contributed by atoms with E-state index in [1.54, 1.807) is 0 Å². The van der Waals surface area contributed by atoms with Gasteiger partial charge in [0.25, 0.3) is 0 Å². The number of phosphoric ester groups is 2. The van der Waals surface area contributed by atoms with E-state index in [-0.39, 0.29) is 30.9 Å². The molecule has 0 spiro atoms. The Morgan fingerprint density at radius 1 is 0.779 bits per heavy atom. The highest BCUT2D eigenvalue weighted by Gasteiger charge is 2.46. The number of rotatable bonds is 38. The van der Waals surface area contributed by atoms with Crippen molar-refractivity contribution >= 4 is 33.4 Å². The van der Waals surface area contributed by atoms with Crippen molar-refractivity contribution in [3.63, 3.8) is 0 Å². The van der Waals surface area contributed by atoms with Gasteiger partial charge in [0.05, 0.1) is 25.4 Å². The fraction of sp³-hybridized carbons (Fsp3) is 0.745. The highest BCUT2D eigenvalue weighted by atomic mass is 31.3. The number of aliphatic hydroxyl groups is 2. The molecule has 0 aromatic carbocycles. The lowest BCUT2D eigenvalue weighted by Crippen LogP contribution is -2.36. The SMILES string of the molecule is CCCCC/C=C\C/C=C\C/C=C\CC1OC1CCCC(=O)OC[C@H](COP(=O)(O)OP(=O)(O)OC[C@H]1O[C@@H](n2ccc(N)nc2=O)[C@H](O)[C@@H]1O)OC(=O)CCCCCCCCCCCC(C)C. The van der Waals surface area contributed by atoms with Crippen molar-refractivity contribution in [1.29, 1.82) is 0 Å². The van der Waals surface area contributed by atoms with Crippen LogP contribution in [-0.4, -0.2) is 97.9 Å². The number of aliphatic hydroxyl groups excluding tert-OH is 2. The molecular formula is C47H79N3O16P2. The largest absolute Gasteiger partial charge is 0.481 e. The van der Waals surface area contributed by atoms with E-state index in [0.717, 1.165) is 68.0 Å². The molecule has 388 valence electrons. The quantitative estimate of drug-likeness (QED) is 0.0137. The maximum atomic E-state index is 12.8. The first-order chi connectivity index (χ1) is 32.5. The second-order valence-corrected chi connectivity index (χ2v) is 20.9. The van der Waals surface area contributed by atoms with Crippen LogP contribution >= 0.6 is 15.6 Å². The number of hydrogen-bond donors (Lipinski definition) is 5. The number of ether oxygens (including phenoxy) is 4. The van der Waals surface area contributed by atoms with Gasteiger partial charge in [0, 0.05) is 19.0 Å². The first kappa shape index (κ1) is 59.2. The number of unbranched alkanes of at least 4 members (excludes halogenated alkanes) is 11. The molecule has 3 rings (SSSR count). The van der Waals surface area contributed by atoms with E-state index >= 15 is 0 Å². The fourth-order valence-electron chi connectivity index (χ4n) is 7.41. The third kappa shape index (κ3) is 25.7. The standard InChI is InChI=1S/C47H79N3O16P2/c1-4-5-6-7-8-9-10-11-14-17-20-23-27-38-39(64-38)28-25-30-42(51)60-33-37(63-43(52)29-24-21-18-15-12-13-16-19-22-26-36(2)3)34-61-67(56,57)66-68(58,59)62-35-40-44(53)45(54)46(65-40)50-32-31-41(48)49-47(50)55/h8-9,11,14,20,23,31-32,36-40,44-46,53-54H,4-7,10,12-13,15-19,21-22,24-30,33-35H2,1-3H3,(H,56,57)(H,58,59)(H2,48,49,55)/b9-8-,14-11-,23-20-/t37-,38?,39?,40-,44-,45-,46-/m1/s1. The molecule has 6 N–H and O–H groups in total. The van der Waals surface area contributed by atoms with Gasteiger partial charge in [-0.1, -0.05) is 128 Å². The van der Waals surface area contributed by atoms with Crippen LogP contribution in [0.1, 0.15) is 162 Å². The molecule has 4 unspecified atom stereocenters. The molecule has 2 fully saturated rings. The highest BCUT2D eigenvalue weighted by molar-refractivity contribution is 7.61. The second kappa shape index (κ2) is 32.8. The van der Waals surface area contributed by atoms with E-state index < -0.39 is 83.7 Å². The van der Waals surface area contributed by atoms with Crippen molar-refractivity contribution in [1.82, 2.24) is 9.55 Å². The summed E-state index contributed by atoms with van der Waals surface area (Å²) in [5, 5.41) is 20.9. The summed E-state index contributed by atoms with van der Waals surface area (Å²) in [5.74, 6) is -0.651. The van der Waals surface area contributed by atoms with Crippen LogP contribution in [0.15, 0.2) is 53.5 Å². The van der Waals surface area contributed by atoms with Crippen LogP contribution in [0.2, 0.25) is 0 Å². The number of nitrogen functional groups attached to an aromatic ring is 1. The molecule has 9 atom stereocenters. The number of nitrogens with two attached hydrogens (primary N) is 1. The van der Waals surface area contributed by atoms with Crippen LogP contribution in [0.4, 0.5) is 5.82 Å². The van der Waals surface area contributed by atoms with Gasteiger partial charge in [-0.2, -0.15) is 9.29 Å². The lowest BCUT2D eigenvalue weighted by Gasteiger charge is -2.21. The van der Waals surface area contributed by atoms with Crippen molar-refractivity contribution < 1.29 is 71.0 Å². The zero-order valence-corrected chi connectivity index (χ0v) is 42.1. The van der Waals surface area contributed by atoms with Gasteiger partial charge in [0.2, 0.25) is 0 Å². The van der Waals surface area contributed by atoms with E-state index in [4.69, 9.17) is 33.7 Å². The van der Waals surface area contributed by atoms with Crippen molar-refractivity contribution in [3.05, 3.63) is 59.2 Å². The Morgan fingerprint density at radius 3 is 2.09 bits per heavy atom. The second-order valence-electron chi connectivity index (χ2n) is 17.8. The van der Waals surface area contributed by atoms with E-state index in [1.165, 1.54) is 57.4 Å². The lowest BCUT2D eigenvalue weighted by molar-refractivity contribution is -0.161. The number of carbonyl (C=O) groups is 2. The zero-order valence-electron chi connectivity index (χ0n) is 40.3. The summed E-state index contributed by atoms with van der Waals surface area (Å²) >= 11 is 0. The molecular weight excluding hydrogens is 924 g/mol. The number of nitrogens with zero attached hydrogens (tertiary/aromatic N) is 2. The first-order valence-electron chi connectivity index (χ1n) is 24.5. The van der Waals surface area contributed by atoms with Gasteiger partial charge < -0.3 is 44.7 Å². The molecule has 21 heteroatoms. The molecule has 0 radical (unpaired) electrons. The number of allylic oxidation sites excluding steroid dienone is 5. The Balaban J connectivity index is 1.43. The van der Waals surface area contributed by atoms with E-state index in [2.05, 4.69) is 66.5 Å². The summed E-state index contributed by atoms with van der Waals surface area (Å²) in [5.41, 5.74) is 4.58. The maximum Gasteiger partial charge on any atom is 0.481 e. The Labute approximate surface area is 402 Å². The van der Waals surface area contributed by atoms with Crippen molar-refractivity contribution in [2.45, 2.75) is 198 Å². The average molecular weight is 1000 g/mol. The predicted molar refractivity (Wildman–Crippen MR) is 256 cm³/mol. The Hall–Kier alpha value is -3.06. The molecule has 2 aliphatic rings. The smallest absolute Gasteiger partial charge is 0.462 e. The third-order valence-corrected chi connectivity index (χ3v) is 13.9. The van der Waals surface area contributed by atoms with Crippen molar-refractivity contribution in [3.8, 4) is 0 Å². The Kier molecular flexibility index (Phi) is 28.5. The van der Waals surface area contributed by atoms with E-state index in [0.29, 0.717) is 19.3 Å². The summed E-state index contributed by atoms with van der Waals surface area (Å²) in [6.07, 6.45) is 25.6. The molecule has 1 aromatic rings. The van der Waals surface area contributed by atoms with Gasteiger partial charge in [-0.05, 0) is 63.4 Å². The normalized spacial score (nSPS) is 22.8. The molecule has 1 aromatic heterocycles. The topological polar surface area (TPSA) is 278 Å². The summed E-state index contributed by atoms with van der Waals surface area (Å²) in [4.78, 5) is 61.9. The highest BCUT2D eigenvalue weighted by Crippen LogP contribution is 2.60. The summed E-state index contributed by atoms with van der Waals surface area (Å²) in [6, 6.07) is 1.24. The third-order valence-electron chi connectivity index (χ3n) is 11.3. The number of phosphoric acid groups is 2. The Morgan fingerprint density at radius 2 is 1.41 bits per heavy atom. The van der Waals surface area contributed by atoms with Crippen LogP contribution in [0.25, 0.3) is 0 Å². The van der Waals surface area contributed by atoms with Crippen LogP contribution in [-0.2, 0) is 51.0 Å². The van der Waals surface area contributed by atoms with Gasteiger partial charge >= 0.3 is 33.3 Å². The van der Waals surface area contributed by atoms with Gasteiger partial charge in [-0.15, -0.1) is 0 Å². The van der Waals surface area contributed by atoms with Crippen molar-refractivity contribution in [2.24, 2.45) is 5.92 Å². The first-order valence-corrected chi connectivity index (χ1v) is 27.5. The molecule has 3 heterocycles. The van der Waals surface area contributed by atoms with Gasteiger partial charge in [-0.25, -0.2) is 13.9 Å². The fourth-order valence-corrected chi connectivity index (χ4v) is 9.52. The number of esters is 2. The van der Waals surface area contributed by atoms with E-state index in [9.17, 15) is 43.5 Å². The van der Waals surface area contributed by atoms with Crippen LogP contribution < -0.4 is 11.4 Å².